The van der Waals surface area contributed by atoms with E-state index in [1.165, 1.54) is 5.56 Å². The Labute approximate surface area is 106 Å². The Balaban J connectivity index is 2.47. The Hall–Kier alpha value is -0.980. The van der Waals surface area contributed by atoms with Crippen molar-refractivity contribution < 1.29 is 0 Å². The van der Waals surface area contributed by atoms with Gasteiger partial charge in [0.15, 0.2) is 0 Å². The van der Waals surface area contributed by atoms with Crippen LogP contribution in [0.2, 0.25) is 10.0 Å². The second-order valence-electron chi connectivity index (χ2n) is 3.71. The van der Waals surface area contributed by atoms with E-state index in [0.717, 1.165) is 27.6 Å². The van der Waals surface area contributed by atoms with Gasteiger partial charge >= 0.3 is 0 Å². The maximum absolute atomic E-state index is 6.08. The molecule has 0 bridgehead atoms. The third kappa shape index (κ3) is 2.58. The fourth-order valence-corrected chi connectivity index (χ4v) is 2.05. The van der Waals surface area contributed by atoms with Crippen LogP contribution in [-0.4, -0.2) is 0 Å². The minimum Gasteiger partial charge on any atom is -0.0843 e. The van der Waals surface area contributed by atoms with Gasteiger partial charge in [-0.25, -0.2) is 0 Å². The molecule has 2 aromatic rings. The van der Waals surface area contributed by atoms with Crippen molar-refractivity contribution in [3.8, 4) is 11.1 Å². The molecule has 0 saturated heterocycles. The predicted octanol–water partition coefficient (Wildman–Crippen LogP) is 5.22. The van der Waals surface area contributed by atoms with Crippen molar-refractivity contribution in [2.75, 3.05) is 0 Å². The summed E-state index contributed by atoms with van der Waals surface area (Å²) in [5, 5.41) is 1.53. The first kappa shape index (κ1) is 11.5. The molecule has 0 radical (unpaired) electrons. The van der Waals surface area contributed by atoms with Crippen LogP contribution in [0.25, 0.3) is 11.1 Å². The fraction of sp³-hybridized carbons (Fsp3) is 0.143. The molecular weight excluding hydrogens is 239 g/mol. The molecule has 2 heteroatoms. The van der Waals surface area contributed by atoms with E-state index >= 15 is 0 Å². The number of halogens is 2. The summed E-state index contributed by atoms with van der Waals surface area (Å²) in [7, 11) is 0. The van der Waals surface area contributed by atoms with Crippen molar-refractivity contribution in [3.05, 3.63) is 58.1 Å². The summed E-state index contributed by atoms with van der Waals surface area (Å²) < 4.78 is 0. The van der Waals surface area contributed by atoms with E-state index in [-0.39, 0.29) is 0 Å². The zero-order chi connectivity index (χ0) is 11.5. The maximum Gasteiger partial charge on any atom is 0.0414 e. The lowest BCUT2D eigenvalue weighted by Crippen LogP contribution is -1.83. The minimum absolute atomic E-state index is 0.751. The van der Waals surface area contributed by atoms with Crippen molar-refractivity contribution in [2.45, 2.75) is 13.3 Å². The molecule has 82 valence electrons. The standard InChI is InChI=1S/C14H12Cl2/c1-2-10-7-12(9-14(16)8-10)11-3-5-13(15)6-4-11/h3-9H,2H2,1H3. The number of aryl methyl sites for hydroxylation is 1. The van der Waals surface area contributed by atoms with Gasteiger partial charge in [0.2, 0.25) is 0 Å². The third-order valence-electron chi connectivity index (χ3n) is 2.54. The van der Waals surface area contributed by atoms with Gasteiger partial charge in [0, 0.05) is 10.0 Å². The van der Waals surface area contributed by atoms with Crippen molar-refractivity contribution in [2.24, 2.45) is 0 Å². The van der Waals surface area contributed by atoms with Gasteiger partial charge in [-0.1, -0.05) is 48.3 Å². The van der Waals surface area contributed by atoms with Crippen LogP contribution in [0.3, 0.4) is 0 Å². The van der Waals surface area contributed by atoms with E-state index in [4.69, 9.17) is 23.2 Å². The minimum atomic E-state index is 0.751. The van der Waals surface area contributed by atoms with E-state index in [1.54, 1.807) is 0 Å². The Morgan fingerprint density at radius 3 is 2.12 bits per heavy atom. The van der Waals surface area contributed by atoms with Crippen molar-refractivity contribution in [3.63, 3.8) is 0 Å². The summed E-state index contributed by atoms with van der Waals surface area (Å²) in [6.07, 6.45) is 0.987. The molecule has 0 atom stereocenters. The van der Waals surface area contributed by atoms with Crippen LogP contribution in [0.5, 0.6) is 0 Å². The lowest BCUT2D eigenvalue weighted by Gasteiger charge is -2.05. The zero-order valence-corrected chi connectivity index (χ0v) is 10.5. The molecular formula is C14H12Cl2. The summed E-state index contributed by atoms with van der Waals surface area (Å²) >= 11 is 11.9. The summed E-state index contributed by atoms with van der Waals surface area (Å²) in [5.74, 6) is 0. The average molecular weight is 251 g/mol. The van der Waals surface area contributed by atoms with Crippen LogP contribution in [0.1, 0.15) is 12.5 Å². The quantitative estimate of drug-likeness (QED) is 0.686. The van der Waals surface area contributed by atoms with Gasteiger partial charge in [-0.15, -0.1) is 0 Å². The molecule has 0 amide bonds. The van der Waals surface area contributed by atoms with Crippen molar-refractivity contribution in [1.29, 1.82) is 0 Å². The monoisotopic (exact) mass is 250 g/mol. The average Bonchev–Trinajstić information content (AvgIpc) is 2.29. The Kier molecular flexibility index (Phi) is 3.52. The maximum atomic E-state index is 6.08. The van der Waals surface area contributed by atoms with E-state index in [9.17, 15) is 0 Å². The number of benzene rings is 2. The van der Waals surface area contributed by atoms with Gasteiger partial charge in [0.1, 0.15) is 0 Å². The summed E-state index contributed by atoms with van der Waals surface area (Å²) in [6, 6.07) is 13.9. The second-order valence-corrected chi connectivity index (χ2v) is 4.58. The van der Waals surface area contributed by atoms with Crippen LogP contribution < -0.4 is 0 Å². The topological polar surface area (TPSA) is 0 Å². The molecule has 0 aliphatic carbocycles. The normalized spacial score (nSPS) is 10.4. The molecule has 16 heavy (non-hydrogen) atoms. The molecule has 2 rings (SSSR count). The van der Waals surface area contributed by atoms with E-state index in [2.05, 4.69) is 13.0 Å². The SMILES string of the molecule is CCc1cc(Cl)cc(-c2ccc(Cl)cc2)c1. The first-order valence-electron chi connectivity index (χ1n) is 5.24. The van der Waals surface area contributed by atoms with Crippen molar-refractivity contribution in [1.82, 2.24) is 0 Å². The third-order valence-corrected chi connectivity index (χ3v) is 3.01. The number of rotatable bonds is 2. The van der Waals surface area contributed by atoms with Gasteiger partial charge in [0.05, 0.1) is 0 Å². The molecule has 0 fully saturated rings. The molecule has 0 aromatic heterocycles. The highest BCUT2D eigenvalue weighted by Gasteiger charge is 2.01. The smallest absolute Gasteiger partial charge is 0.0414 e. The molecule has 2 aromatic carbocycles. The zero-order valence-electron chi connectivity index (χ0n) is 9.00. The highest BCUT2D eigenvalue weighted by atomic mass is 35.5. The number of hydrogen-bond acceptors (Lipinski definition) is 0. The summed E-state index contributed by atoms with van der Waals surface area (Å²) in [6.45, 7) is 2.12. The summed E-state index contributed by atoms with van der Waals surface area (Å²) in [4.78, 5) is 0. The highest BCUT2D eigenvalue weighted by molar-refractivity contribution is 6.31. The Morgan fingerprint density at radius 1 is 0.812 bits per heavy atom. The molecule has 0 nitrogen and oxygen atoms in total. The fourth-order valence-electron chi connectivity index (χ4n) is 1.66. The van der Waals surface area contributed by atoms with Crippen LogP contribution in [0.4, 0.5) is 0 Å². The van der Waals surface area contributed by atoms with Crippen molar-refractivity contribution >= 4 is 23.2 Å². The Bertz CT molecular complexity index is 487. The highest BCUT2D eigenvalue weighted by Crippen LogP contribution is 2.26. The van der Waals surface area contributed by atoms with E-state index in [0.29, 0.717) is 0 Å². The lowest BCUT2D eigenvalue weighted by molar-refractivity contribution is 1.14. The largest absolute Gasteiger partial charge is 0.0843 e. The van der Waals surface area contributed by atoms with E-state index in [1.807, 2.05) is 36.4 Å². The summed E-state index contributed by atoms with van der Waals surface area (Å²) in [5.41, 5.74) is 3.53. The van der Waals surface area contributed by atoms with Crippen LogP contribution in [0.15, 0.2) is 42.5 Å². The first-order chi connectivity index (χ1) is 7.69. The van der Waals surface area contributed by atoms with Gasteiger partial charge in [-0.05, 0) is 47.4 Å². The van der Waals surface area contributed by atoms with Crippen LogP contribution in [-0.2, 0) is 6.42 Å². The predicted molar refractivity (Wildman–Crippen MR) is 71.3 cm³/mol. The number of hydrogen-bond donors (Lipinski definition) is 0. The Morgan fingerprint density at radius 2 is 1.50 bits per heavy atom. The lowest BCUT2D eigenvalue weighted by atomic mass is 10.0. The van der Waals surface area contributed by atoms with Gasteiger partial charge in [-0.2, -0.15) is 0 Å². The molecule has 0 aliphatic rings. The van der Waals surface area contributed by atoms with Crippen LogP contribution in [0, 0.1) is 0 Å². The van der Waals surface area contributed by atoms with E-state index < -0.39 is 0 Å². The molecule has 0 spiro atoms. The molecule has 0 N–H and O–H groups in total. The van der Waals surface area contributed by atoms with Crippen LogP contribution >= 0.6 is 23.2 Å². The van der Waals surface area contributed by atoms with Gasteiger partial charge < -0.3 is 0 Å². The molecule has 0 unspecified atom stereocenters. The van der Waals surface area contributed by atoms with Gasteiger partial charge in [0.25, 0.3) is 0 Å². The van der Waals surface area contributed by atoms with Gasteiger partial charge in [-0.3, -0.25) is 0 Å². The first-order valence-corrected chi connectivity index (χ1v) is 6.00. The molecule has 0 saturated carbocycles. The second kappa shape index (κ2) is 4.90. The molecule has 0 aliphatic heterocycles. The molecule has 0 heterocycles.